The fourth-order valence-electron chi connectivity index (χ4n) is 2.56. The molecule has 1 aliphatic rings. The summed E-state index contributed by atoms with van der Waals surface area (Å²) in [6.07, 6.45) is 1.70. The molecule has 0 unspecified atom stereocenters. The first-order valence-electron chi connectivity index (χ1n) is 6.61. The highest BCUT2D eigenvalue weighted by molar-refractivity contribution is 5.76. The van der Waals surface area contributed by atoms with Crippen LogP contribution in [-0.2, 0) is 11.3 Å². The van der Waals surface area contributed by atoms with Gasteiger partial charge in [0.1, 0.15) is 0 Å². The third-order valence-electron chi connectivity index (χ3n) is 3.86. The van der Waals surface area contributed by atoms with E-state index in [0.717, 1.165) is 38.0 Å². The van der Waals surface area contributed by atoms with Crippen LogP contribution < -0.4 is 5.73 Å². The lowest BCUT2D eigenvalue weighted by Crippen LogP contribution is -2.38. The number of hydrogen-bond donors (Lipinski definition) is 1. The zero-order valence-corrected chi connectivity index (χ0v) is 11.2. The monoisotopic (exact) mass is 257 g/mol. The molecule has 1 amide bonds. The van der Waals surface area contributed by atoms with Gasteiger partial charge in [0.15, 0.2) is 0 Å². The van der Waals surface area contributed by atoms with E-state index in [1.807, 2.05) is 25.1 Å². The van der Waals surface area contributed by atoms with E-state index in [1.54, 1.807) is 0 Å². The Morgan fingerprint density at radius 3 is 2.68 bits per heavy atom. The maximum atomic E-state index is 11.1. The second-order valence-electron chi connectivity index (χ2n) is 5.21. The number of nitriles is 1. The van der Waals surface area contributed by atoms with Gasteiger partial charge >= 0.3 is 0 Å². The molecular formula is C15H19N3O. The van der Waals surface area contributed by atoms with E-state index in [2.05, 4.69) is 11.0 Å². The number of benzene rings is 1. The highest BCUT2D eigenvalue weighted by atomic mass is 16.1. The van der Waals surface area contributed by atoms with Crippen molar-refractivity contribution in [3.8, 4) is 6.07 Å². The first-order chi connectivity index (χ1) is 9.10. The predicted octanol–water partition coefficient (Wildman–Crippen LogP) is 1.56. The minimum absolute atomic E-state index is 0.0401. The Labute approximate surface area is 113 Å². The van der Waals surface area contributed by atoms with Crippen molar-refractivity contribution in [2.24, 2.45) is 11.7 Å². The van der Waals surface area contributed by atoms with E-state index in [1.165, 1.54) is 5.56 Å². The molecule has 1 fully saturated rings. The Hall–Kier alpha value is -1.86. The van der Waals surface area contributed by atoms with E-state index in [4.69, 9.17) is 11.0 Å². The number of carbonyl (C=O) groups excluding carboxylic acids is 1. The van der Waals surface area contributed by atoms with Crippen molar-refractivity contribution >= 4 is 5.91 Å². The molecule has 2 rings (SSSR count). The summed E-state index contributed by atoms with van der Waals surface area (Å²) in [5.74, 6) is -0.132. The quantitative estimate of drug-likeness (QED) is 0.893. The molecule has 4 heteroatoms. The Morgan fingerprint density at radius 2 is 2.16 bits per heavy atom. The van der Waals surface area contributed by atoms with Crippen molar-refractivity contribution < 1.29 is 4.79 Å². The number of nitrogens with zero attached hydrogens (tertiary/aromatic N) is 2. The lowest BCUT2D eigenvalue weighted by molar-refractivity contribution is -0.123. The van der Waals surface area contributed by atoms with Crippen molar-refractivity contribution in [1.82, 2.24) is 4.90 Å². The average Bonchev–Trinajstić information content (AvgIpc) is 2.41. The molecule has 100 valence electrons. The molecule has 0 radical (unpaired) electrons. The first-order valence-corrected chi connectivity index (χ1v) is 6.61. The van der Waals surface area contributed by atoms with Crippen LogP contribution in [0.3, 0.4) is 0 Å². The van der Waals surface area contributed by atoms with Gasteiger partial charge in [-0.15, -0.1) is 0 Å². The fourth-order valence-corrected chi connectivity index (χ4v) is 2.56. The van der Waals surface area contributed by atoms with Gasteiger partial charge in [0.25, 0.3) is 0 Å². The van der Waals surface area contributed by atoms with Crippen LogP contribution in [0.15, 0.2) is 18.2 Å². The second-order valence-corrected chi connectivity index (χ2v) is 5.21. The molecule has 1 saturated heterocycles. The maximum absolute atomic E-state index is 11.1. The minimum Gasteiger partial charge on any atom is -0.369 e. The Bertz CT molecular complexity index is 511. The smallest absolute Gasteiger partial charge is 0.220 e. The number of hydrogen-bond acceptors (Lipinski definition) is 3. The second kappa shape index (κ2) is 5.85. The third kappa shape index (κ3) is 3.33. The standard InChI is InChI=1S/C15H19N3O/c1-11-8-12(9-16)2-3-14(11)10-18-6-4-13(5-7-18)15(17)19/h2-3,8,13H,4-7,10H2,1H3,(H2,17,19). The third-order valence-corrected chi connectivity index (χ3v) is 3.86. The van der Waals surface area contributed by atoms with Crippen LogP contribution in [0.1, 0.15) is 29.5 Å². The summed E-state index contributed by atoms with van der Waals surface area (Å²) in [7, 11) is 0. The zero-order valence-electron chi connectivity index (χ0n) is 11.2. The number of carbonyl (C=O) groups is 1. The summed E-state index contributed by atoms with van der Waals surface area (Å²) in [6, 6.07) is 7.96. The Balaban J connectivity index is 1.96. The van der Waals surface area contributed by atoms with Crippen LogP contribution in [0, 0.1) is 24.2 Å². The molecule has 1 aromatic rings. The van der Waals surface area contributed by atoms with Crippen LogP contribution in [0.4, 0.5) is 0 Å². The molecule has 2 N–H and O–H groups in total. The summed E-state index contributed by atoms with van der Waals surface area (Å²) in [5.41, 5.74) is 8.43. The molecule has 1 aromatic carbocycles. The molecule has 1 heterocycles. The molecule has 1 aliphatic heterocycles. The minimum atomic E-state index is -0.172. The molecule has 0 bridgehead atoms. The number of nitrogens with two attached hydrogens (primary N) is 1. The maximum Gasteiger partial charge on any atom is 0.220 e. The zero-order chi connectivity index (χ0) is 13.8. The normalized spacial score (nSPS) is 17.1. The molecule has 0 aromatic heterocycles. The highest BCUT2D eigenvalue weighted by Gasteiger charge is 2.23. The summed E-state index contributed by atoms with van der Waals surface area (Å²) < 4.78 is 0. The first kappa shape index (κ1) is 13.6. The van der Waals surface area contributed by atoms with Gasteiger partial charge in [-0.3, -0.25) is 9.69 Å². The van der Waals surface area contributed by atoms with Crippen LogP contribution in [0.5, 0.6) is 0 Å². The Morgan fingerprint density at radius 1 is 1.47 bits per heavy atom. The number of likely N-dealkylation sites (tertiary alicyclic amines) is 1. The number of amides is 1. The van der Waals surface area contributed by atoms with Gasteiger partial charge in [0, 0.05) is 12.5 Å². The van der Waals surface area contributed by atoms with Crippen molar-refractivity contribution in [1.29, 1.82) is 5.26 Å². The van der Waals surface area contributed by atoms with E-state index in [0.29, 0.717) is 5.56 Å². The molecular weight excluding hydrogens is 238 g/mol. The summed E-state index contributed by atoms with van der Waals surface area (Å²) in [4.78, 5) is 13.5. The topological polar surface area (TPSA) is 70.1 Å². The molecule has 0 saturated carbocycles. The summed E-state index contributed by atoms with van der Waals surface area (Å²) in [6.45, 7) is 4.73. The van der Waals surface area contributed by atoms with Crippen LogP contribution in [-0.4, -0.2) is 23.9 Å². The molecule has 0 atom stereocenters. The number of primary amides is 1. The molecule has 0 spiro atoms. The van der Waals surface area contributed by atoms with Gasteiger partial charge in [0.05, 0.1) is 11.6 Å². The van der Waals surface area contributed by atoms with Gasteiger partial charge in [-0.05, 0) is 56.1 Å². The largest absolute Gasteiger partial charge is 0.369 e. The SMILES string of the molecule is Cc1cc(C#N)ccc1CN1CCC(C(N)=O)CC1. The van der Waals surface area contributed by atoms with Crippen molar-refractivity contribution in [2.45, 2.75) is 26.3 Å². The van der Waals surface area contributed by atoms with Crippen LogP contribution >= 0.6 is 0 Å². The lowest BCUT2D eigenvalue weighted by atomic mass is 9.95. The van der Waals surface area contributed by atoms with Crippen molar-refractivity contribution in [2.75, 3.05) is 13.1 Å². The van der Waals surface area contributed by atoms with Gasteiger partial charge in [-0.1, -0.05) is 6.07 Å². The van der Waals surface area contributed by atoms with E-state index >= 15 is 0 Å². The van der Waals surface area contributed by atoms with E-state index in [-0.39, 0.29) is 11.8 Å². The number of aryl methyl sites for hydroxylation is 1. The predicted molar refractivity (Wildman–Crippen MR) is 73.1 cm³/mol. The van der Waals surface area contributed by atoms with E-state index in [9.17, 15) is 4.79 Å². The van der Waals surface area contributed by atoms with Gasteiger partial charge in [-0.2, -0.15) is 5.26 Å². The van der Waals surface area contributed by atoms with Gasteiger partial charge in [0.2, 0.25) is 5.91 Å². The lowest BCUT2D eigenvalue weighted by Gasteiger charge is -2.30. The summed E-state index contributed by atoms with van der Waals surface area (Å²) >= 11 is 0. The van der Waals surface area contributed by atoms with Crippen molar-refractivity contribution in [3.05, 3.63) is 34.9 Å². The Kier molecular flexibility index (Phi) is 4.18. The molecule has 4 nitrogen and oxygen atoms in total. The average molecular weight is 257 g/mol. The van der Waals surface area contributed by atoms with Gasteiger partial charge in [-0.25, -0.2) is 0 Å². The summed E-state index contributed by atoms with van der Waals surface area (Å²) in [5, 5.41) is 8.85. The molecule has 0 aliphatic carbocycles. The van der Waals surface area contributed by atoms with Crippen LogP contribution in [0.25, 0.3) is 0 Å². The highest BCUT2D eigenvalue weighted by Crippen LogP contribution is 2.20. The van der Waals surface area contributed by atoms with Crippen molar-refractivity contribution in [3.63, 3.8) is 0 Å². The van der Waals surface area contributed by atoms with Crippen LogP contribution in [0.2, 0.25) is 0 Å². The van der Waals surface area contributed by atoms with E-state index < -0.39 is 0 Å². The van der Waals surface area contributed by atoms with Gasteiger partial charge < -0.3 is 5.73 Å². The number of rotatable bonds is 3. The fraction of sp³-hybridized carbons (Fsp3) is 0.467. The number of piperidine rings is 1. The molecule has 19 heavy (non-hydrogen) atoms.